The maximum absolute atomic E-state index is 12.4. The number of carbonyl (C=O) groups excluding carboxylic acids is 3. The largest absolute Gasteiger partial charge is 0.497 e. The van der Waals surface area contributed by atoms with Gasteiger partial charge in [-0.05, 0) is 38.5 Å². The number of carbonyl (C=O) groups is 3. The number of rotatable bonds is 9. The van der Waals surface area contributed by atoms with Gasteiger partial charge < -0.3 is 20.1 Å². The Morgan fingerprint density at radius 2 is 1.77 bits per heavy atom. The molecule has 1 heterocycles. The van der Waals surface area contributed by atoms with Gasteiger partial charge in [-0.25, -0.2) is 4.68 Å². The number of nitrogens with zero attached hydrogens (tertiary/aromatic N) is 2. The highest BCUT2D eigenvalue weighted by Gasteiger charge is 2.23. The highest BCUT2D eigenvalue weighted by molar-refractivity contribution is 5.94. The van der Waals surface area contributed by atoms with Crippen molar-refractivity contribution in [3.63, 3.8) is 0 Å². The smallest absolute Gasteiger partial charge is 0.309 e. The SMILES string of the molecule is COc1ccc(C(CC(=O)OC(C)C(=O)Nc2ccnn2C(C)C)NC(C)=O)cc1. The molecule has 2 amide bonds. The van der Waals surface area contributed by atoms with Crippen LogP contribution in [0.3, 0.4) is 0 Å². The number of benzene rings is 1. The molecule has 0 spiro atoms. The van der Waals surface area contributed by atoms with Crippen molar-refractivity contribution in [3.05, 3.63) is 42.1 Å². The molecule has 0 saturated heterocycles. The number of ether oxygens (including phenoxy) is 2. The Labute approximate surface area is 175 Å². The molecule has 0 aliphatic heterocycles. The van der Waals surface area contributed by atoms with E-state index in [4.69, 9.17) is 9.47 Å². The summed E-state index contributed by atoms with van der Waals surface area (Å²) in [5.41, 5.74) is 0.723. The lowest BCUT2D eigenvalue weighted by molar-refractivity contribution is -0.153. The van der Waals surface area contributed by atoms with Gasteiger partial charge in [-0.3, -0.25) is 14.4 Å². The Balaban J connectivity index is 2.00. The van der Waals surface area contributed by atoms with Gasteiger partial charge in [0.05, 0.1) is 25.8 Å². The first-order valence-electron chi connectivity index (χ1n) is 9.66. The average Bonchev–Trinajstić information content (AvgIpc) is 3.15. The maximum Gasteiger partial charge on any atom is 0.309 e. The van der Waals surface area contributed by atoms with Gasteiger partial charge in [-0.15, -0.1) is 0 Å². The third-order valence-corrected chi connectivity index (χ3v) is 4.35. The number of hydrogen-bond donors (Lipinski definition) is 2. The molecule has 0 radical (unpaired) electrons. The van der Waals surface area contributed by atoms with Gasteiger partial charge in [0.15, 0.2) is 6.10 Å². The highest BCUT2D eigenvalue weighted by Crippen LogP contribution is 2.21. The van der Waals surface area contributed by atoms with E-state index in [0.29, 0.717) is 11.6 Å². The van der Waals surface area contributed by atoms with Crippen molar-refractivity contribution in [2.75, 3.05) is 12.4 Å². The quantitative estimate of drug-likeness (QED) is 0.608. The summed E-state index contributed by atoms with van der Waals surface area (Å²) in [5.74, 6) is -0.173. The Bertz CT molecular complexity index is 876. The molecule has 9 nitrogen and oxygen atoms in total. The molecule has 9 heteroatoms. The van der Waals surface area contributed by atoms with Gasteiger partial charge in [0, 0.05) is 19.0 Å². The monoisotopic (exact) mass is 416 g/mol. The second-order valence-corrected chi connectivity index (χ2v) is 7.11. The molecule has 2 N–H and O–H groups in total. The summed E-state index contributed by atoms with van der Waals surface area (Å²) in [4.78, 5) is 36.4. The van der Waals surface area contributed by atoms with Crippen molar-refractivity contribution in [1.82, 2.24) is 15.1 Å². The van der Waals surface area contributed by atoms with Crippen LogP contribution in [0, 0.1) is 0 Å². The number of amides is 2. The first-order valence-corrected chi connectivity index (χ1v) is 9.66. The summed E-state index contributed by atoms with van der Waals surface area (Å²) < 4.78 is 12.1. The van der Waals surface area contributed by atoms with Crippen molar-refractivity contribution in [1.29, 1.82) is 0 Å². The fraction of sp³-hybridized carbons (Fsp3) is 0.429. The molecule has 2 rings (SSSR count). The first-order chi connectivity index (χ1) is 14.2. The zero-order valence-electron chi connectivity index (χ0n) is 17.8. The second-order valence-electron chi connectivity index (χ2n) is 7.11. The van der Waals surface area contributed by atoms with Crippen molar-refractivity contribution in [3.8, 4) is 5.75 Å². The minimum absolute atomic E-state index is 0.0658. The zero-order valence-corrected chi connectivity index (χ0v) is 17.8. The number of hydrogen-bond acceptors (Lipinski definition) is 6. The molecule has 0 aliphatic carbocycles. The van der Waals surface area contributed by atoms with E-state index in [0.717, 1.165) is 5.56 Å². The molecule has 2 aromatic rings. The third-order valence-electron chi connectivity index (χ3n) is 4.35. The summed E-state index contributed by atoms with van der Waals surface area (Å²) in [6.07, 6.45) is 0.453. The number of nitrogens with one attached hydrogen (secondary N) is 2. The van der Waals surface area contributed by atoms with E-state index in [9.17, 15) is 14.4 Å². The summed E-state index contributed by atoms with van der Waals surface area (Å²) in [7, 11) is 1.55. The minimum atomic E-state index is -1.01. The number of anilines is 1. The van der Waals surface area contributed by atoms with E-state index in [1.807, 2.05) is 13.8 Å². The van der Waals surface area contributed by atoms with Crippen molar-refractivity contribution in [2.45, 2.75) is 52.3 Å². The second kappa shape index (κ2) is 10.4. The van der Waals surface area contributed by atoms with Crippen LogP contribution < -0.4 is 15.4 Å². The van der Waals surface area contributed by atoms with Gasteiger partial charge >= 0.3 is 5.97 Å². The van der Waals surface area contributed by atoms with Crippen LogP contribution in [0.25, 0.3) is 0 Å². The van der Waals surface area contributed by atoms with Crippen molar-refractivity contribution in [2.24, 2.45) is 0 Å². The van der Waals surface area contributed by atoms with Crippen LogP contribution in [0.15, 0.2) is 36.5 Å². The van der Waals surface area contributed by atoms with E-state index >= 15 is 0 Å². The molecular formula is C21H28N4O5. The van der Waals surface area contributed by atoms with Crippen LogP contribution in [0.1, 0.15) is 51.8 Å². The van der Waals surface area contributed by atoms with Crippen molar-refractivity contribution >= 4 is 23.6 Å². The van der Waals surface area contributed by atoms with Crippen LogP contribution in [0.4, 0.5) is 5.82 Å². The van der Waals surface area contributed by atoms with Gasteiger partial charge in [0.25, 0.3) is 5.91 Å². The molecule has 0 aliphatic rings. The zero-order chi connectivity index (χ0) is 22.3. The lowest BCUT2D eigenvalue weighted by atomic mass is 10.0. The summed E-state index contributed by atoms with van der Waals surface area (Å²) in [6.45, 7) is 6.74. The number of esters is 1. The van der Waals surface area contributed by atoms with E-state index in [2.05, 4.69) is 15.7 Å². The average molecular weight is 416 g/mol. The minimum Gasteiger partial charge on any atom is -0.497 e. The van der Waals surface area contributed by atoms with Crippen LogP contribution >= 0.6 is 0 Å². The molecular weight excluding hydrogens is 388 g/mol. The fourth-order valence-corrected chi connectivity index (χ4v) is 2.85. The normalized spacial score (nSPS) is 12.7. The van der Waals surface area contributed by atoms with Crippen LogP contribution in [0.2, 0.25) is 0 Å². The summed E-state index contributed by atoms with van der Waals surface area (Å²) in [5, 5.41) is 9.59. The Morgan fingerprint density at radius 1 is 1.10 bits per heavy atom. The van der Waals surface area contributed by atoms with E-state index < -0.39 is 24.0 Å². The molecule has 0 bridgehead atoms. The van der Waals surface area contributed by atoms with Crippen molar-refractivity contribution < 1.29 is 23.9 Å². The Morgan fingerprint density at radius 3 is 2.33 bits per heavy atom. The molecule has 30 heavy (non-hydrogen) atoms. The molecule has 162 valence electrons. The van der Waals surface area contributed by atoms with Gasteiger partial charge in [-0.1, -0.05) is 12.1 Å². The lowest BCUT2D eigenvalue weighted by Crippen LogP contribution is -2.33. The van der Waals surface area contributed by atoms with Gasteiger partial charge in [-0.2, -0.15) is 5.10 Å². The Kier molecular flexibility index (Phi) is 7.97. The number of aromatic nitrogens is 2. The van der Waals surface area contributed by atoms with Gasteiger partial charge in [0.2, 0.25) is 5.91 Å². The lowest BCUT2D eigenvalue weighted by Gasteiger charge is -2.20. The van der Waals surface area contributed by atoms with Crippen LogP contribution in [-0.2, 0) is 19.1 Å². The van der Waals surface area contributed by atoms with Gasteiger partial charge in [0.1, 0.15) is 11.6 Å². The van der Waals surface area contributed by atoms with E-state index in [-0.39, 0.29) is 18.4 Å². The molecule has 2 unspecified atom stereocenters. The fourth-order valence-electron chi connectivity index (χ4n) is 2.85. The van der Waals surface area contributed by atoms with Crippen LogP contribution in [-0.4, -0.2) is 40.8 Å². The molecule has 2 atom stereocenters. The van der Waals surface area contributed by atoms with E-state index in [1.165, 1.54) is 13.8 Å². The highest BCUT2D eigenvalue weighted by atomic mass is 16.5. The predicted molar refractivity (Wildman–Crippen MR) is 111 cm³/mol. The molecule has 0 fully saturated rings. The summed E-state index contributed by atoms with van der Waals surface area (Å²) in [6, 6.07) is 8.15. The number of methoxy groups -OCH3 is 1. The first kappa shape index (κ1) is 22.9. The standard InChI is InChI=1S/C21H28N4O5/c1-13(2)25-19(10-11-22-25)24-21(28)14(3)30-20(27)12-18(23-15(4)26)16-6-8-17(29-5)9-7-16/h6-11,13-14,18H,12H2,1-5H3,(H,23,26)(H,24,28). The summed E-state index contributed by atoms with van der Waals surface area (Å²) >= 11 is 0. The molecule has 1 aromatic carbocycles. The van der Waals surface area contributed by atoms with E-state index in [1.54, 1.807) is 48.3 Å². The molecule has 1 aromatic heterocycles. The van der Waals surface area contributed by atoms with Crippen LogP contribution in [0.5, 0.6) is 5.75 Å². The molecule has 0 saturated carbocycles. The third kappa shape index (κ3) is 6.33. The topological polar surface area (TPSA) is 112 Å². The maximum atomic E-state index is 12.4. The predicted octanol–water partition coefficient (Wildman–Crippen LogP) is 2.61. The Hall–Kier alpha value is -3.36.